The van der Waals surface area contributed by atoms with E-state index in [9.17, 15) is 0 Å². The van der Waals surface area contributed by atoms with E-state index in [1.807, 2.05) is 39.0 Å². The molecule has 1 aromatic rings. The van der Waals surface area contributed by atoms with E-state index >= 15 is 0 Å². The van der Waals surface area contributed by atoms with Gasteiger partial charge in [-0.15, -0.1) is 0 Å². The molecule has 2 heteroatoms. The highest BCUT2D eigenvalue weighted by molar-refractivity contribution is 6.48. The average Bonchev–Trinajstić information content (AvgIpc) is 2.07. The minimum Gasteiger partial charge on any atom is -0.491 e. The zero-order valence-corrected chi connectivity index (χ0v) is 9.56. The van der Waals surface area contributed by atoms with Gasteiger partial charge in [0.1, 0.15) is 5.75 Å². The largest absolute Gasteiger partial charge is 0.491 e. The molecule has 0 radical (unpaired) electrons. The monoisotopic (exact) mass is 210 g/mol. The molecule has 0 aromatic heterocycles. The Hall–Kier alpha value is -0.950. The van der Waals surface area contributed by atoms with Crippen LogP contribution in [0.4, 0.5) is 0 Å². The SMILES string of the molecule is C=C(Cl)c1ccc(OC(C)C)c(C)c1. The van der Waals surface area contributed by atoms with Gasteiger partial charge in [0, 0.05) is 5.03 Å². The topological polar surface area (TPSA) is 9.23 Å². The van der Waals surface area contributed by atoms with Crippen molar-refractivity contribution in [2.24, 2.45) is 0 Å². The van der Waals surface area contributed by atoms with Crippen molar-refractivity contribution in [3.8, 4) is 5.75 Å². The van der Waals surface area contributed by atoms with Crippen molar-refractivity contribution in [1.29, 1.82) is 0 Å². The van der Waals surface area contributed by atoms with Gasteiger partial charge >= 0.3 is 0 Å². The summed E-state index contributed by atoms with van der Waals surface area (Å²) >= 11 is 5.80. The Balaban J connectivity index is 2.95. The van der Waals surface area contributed by atoms with Crippen LogP contribution in [0.3, 0.4) is 0 Å². The van der Waals surface area contributed by atoms with E-state index in [2.05, 4.69) is 6.58 Å². The summed E-state index contributed by atoms with van der Waals surface area (Å²) < 4.78 is 5.61. The maximum atomic E-state index is 5.80. The molecule has 0 heterocycles. The number of benzene rings is 1. The number of halogens is 1. The first-order chi connectivity index (χ1) is 6.50. The lowest BCUT2D eigenvalue weighted by Crippen LogP contribution is -2.06. The second-order valence-electron chi connectivity index (χ2n) is 3.55. The first-order valence-electron chi connectivity index (χ1n) is 4.63. The summed E-state index contributed by atoms with van der Waals surface area (Å²) in [4.78, 5) is 0. The van der Waals surface area contributed by atoms with Crippen LogP contribution in [-0.4, -0.2) is 6.10 Å². The molecule has 76 valence electrons. The highest BCUT2D eigenvalue weighted by Crippen LogP contribution is 2.24. The van der Waals surface area contributed by atoms with Crippen molar-refractivity contribution < 1.29 is 4.74 Å². The second-order valence-corrected chi connectivity index (χ2v) is 4.01. The fourth-order valence-electron chi connectivity index (χ4n) is 1.20. The van der Waals surface area contributed by atoms with Gasteiger partial charge in [-0.3, -0.25) is 0 Å². The predicted octanol–water partition coefficient (Wildman–Crippen LogP) is 3.99. The Morgan fingerprint density at radius 3 is 2.50 bits per heavy atom. The van der Waals surface area contributed by atoms with Crippen LogP contribution in [0.25, 0.3) is 5.03 Å². The summed E-state index contributed by atoms with van der Waals surface area (Å²) in [5.41, 5.74) is 2.03. The number of hydrogen-bond acceptors (Lipinski definition) is 1. The van der Waals surface area contributed by atoms with Crippen LogP contribution in [0, 0.1) is 6.92 Å². The molecular weight excluding hydrogens is 196 g/mol. The van der Waals surface area contributed by atoms with Gasteiger partial charge < -0.3 is 4.74 Å². The lowest BCUT2D eigenvalue weighted by Gasteiger charge is -2.12. The molecular formula is C12H15ClO. The van der Waals surface area contributed by atoms with Gasteiger partial charge in [-0.2, -0.15) is 0 Å². The van der Waals surface area contributed by atoms with E-state index in [4.69, 9.17) is 16.3 Å². The van der Waals surface area contributed by atoms with Crippen molar-refractivity contribution in [1.82, 2.24) is 0 Å². The molecule has 0 spiro atoms. The molecule has 0 aliphatic heterocycles. The second kappa shape index (κ2) is 4.52. The first-order valence-corrected chi connectivity index (χ1v) is 5.00. The Morgan fingerprint density at radius 2 is 2.07 bits per heavy atom. The van der Waals surface area contributed by atoms with Crippen LogP contribution in [-0.2, 0) is 0 Å². The standard InChI is InChI=1S/C12H15ClO/c1-8(2)14-12-6-5-11(10(4)13)7-9(12)3/h5-8H,4H2,1-3H3. The Bertz CT molecular complexity index is 342. The summed E-state index contributed by atoms with van der Waals surface area (Å²) in [6, 6.07) is 5.82. The van der Waals surface area contributed by atoms with Crippen LogP contribution in [0.15, 0.2) is 24.8 Å². The highest BCUT2D eigenvalue weighted by atomic mass is 35.5. The number of ether oxygens (including phenoxy) is 1. The third-order valence-corrected chi connectivity index (χ3v) is 2.07. The lowest BCUT2D eigenvalue weighted by molar-refractivity contribution is 0.241. The third-order valence-electron chi connectivity index (χ3n) is 1.85. The van der Waals surface area contributed by atoms with Gasteiger partial charge in [-0.1, -0.05) is 18.2 Å². The molecule has 1 nitrogen and oxygen atoms in total. The molecule has 1 rings (SSSR count). The molecule has 0 saturated carbocycles. The molecule has 0 fully saturated rings. The zero-order valence-electron chi connectivity index (χ0n) is 8.80. The molecule has 14 heavy (non-hydrogen) atoms. The smallest absolute Gasteiger partial charge is 0.122 e. The summed E-state index contributed by atoms with van der Waals surface area (Å²) in [5, 5.41) is 0.559. The number of hydrogen-bond donors (Lipinski definition) is 0. The van der Waals surface area contributed by atoms with Gasteiger partial charge in [0.15, 0.2) is 0 Å². The predicted molar refractivity (Wildman–Crippen MR) is 61.8 cm³/mol. The molecule has 0 bridgehead atoms. The molecule has 0 amide bonds. The first kappa shape index (κ1) is 11.1. The molecule has 0 unspecified atom stereocenters. The van der Waals surface area contributed by atoms with Crippen LogP contribution >= 0.6 is 11.6 Å². The van der Waals surface area contributed by atoms with Crippen molar-refractivity contribution in [2.45, 2.75) is 26.9 Å². The Morgan fingerprint density at radius 1 is 1.43 bits per heavy atom. The summed E-state index contributed by atoms with van der Waals surface area (Å²) in [5.74, 6) is 0.904. The molecule has 0 N–H and O–H groups in total. The van der Waals surface area contributed by atoms with Gasteiger partial charge in [-0.25, -0.2) is 0 Å². The Kier molecular flexibility index (Phi) is 3.59. The molecule has 0 atom stereocenters. The zero-order chi connectivity index (χ0) is 10.7. The molecule has 0 aliphatic carbocycles. The Labute approximate surface area is 90.3 Å². The maximum Gasteiger partial charge on any atom is 0.122 e. The summed E-state index contributed by atoms with van der Waals surface area (Å²) in [7, 11) is 0. The average molecular weight is 211 g/mol. The van der Waals surface area contributed by atoms with Crippen LogP contribution in [0.2, 0.25) is 0 Å². The quantitative estimate of drug-likeness (QED) is 0.733. The van der Waals surface area contributed by atoms with E-state index in [1.165, 1.54) is 0 Å². The van der Waals surface area contributed by atoms with Crippen LogP contribution in [0.5, 0.6) is 5.75 Å². The normalized spacial score (nSPS) is 10.4. The molecule has 0 aliphatic rings. The van der Waals surface area contributed by atoms with E-state index < -0.39 is 0 Å². The number of aryl methyl sites for hydroxylation is 1. The van der Waals surface area contributed by atoms with Gasteiger partial charge in [0.05, 0.1) is 6.10 Å². The van der Waals surface area contributed by atoms with Gasteiger partial charge in [0.25, 0.3) is 0 Å². The van der Waals surface area contributed by atoms with E-state index in [-0.39, 0.29) is 6.10 Å². The van der Waals surface area contributed by atoms with Gasteiger partial charge in [-0.05, 0) is 50.1 Å². The van der Waals surface area contributed by atoms with Crippen LogP contribution < -0.4 is 4.74 Å². The van der Waals surface area contributed by atoms with E-state index in [0.29, 0.717) is 5.03 Å². The van der Waals surface area contributed by atoms with Crippen LogP contribution in [0.1, 0.15) is 25.0 Å². The summed E-state index contributed by atoms with van der Waals surface area (Å²) in [6.45, 7) is 9.70. The van der Waals surface area contributed by atoms with Crippen molar-refractivity contribution in [3.63, 3.8) is 0 Å². The lowest BCUT2D eigenvalue weighted by atomic mass is 10.1. The fraction of sp³-hybridized carbons (Fsp3) is 0.333. The fourth-order valence-corrected chi connectivity index (χ4v) is 1.32. The maximum absolute atomic E-state index is 5.80. The number of rotatable bonds is 3. The summed E-state index contributed by atoms with van der Waals surface area (Å²) in [6.07, 6.45) is 0.193. The minimum absolute atomic E-state index is 0.193. The molecule has 0 saturated heterocycles. The highest BCUT2D eigenvalue weighted by Gasteiger charge is 2.03. The van der Waals surface area contributed by atoms with E-state index in [0.717, 1.165) is 16.9 Å². The van der Waals surface area contributed by atoms with Gasteiger partial charge in [0.2, 0.25) is 0 Å². The minimum atomic E-state index is 0.193. The van der Waals surface area contributed by atoms with Crippen molar-refractivity contribution in [2.75, 3.05) is 0 Å². The molecule has 1 aromatic carbocycles. The third kappa shape index (κ3) is 2.78. The van der Waals surface area contributed by atoms with Crippen molar-refractivity contribution in [3.05, 3.63) is 35.9 Å². The van der Waals surface area contributed by atoms with E-state index in [1.54, 1.807) is 0 Å². The van der Waals surface area contributed by atoms with Crippen molar-refractivity contribution >= 4 is 16.6 Å².